The number of aliphatic hydroxyl groups excluding tert-OH is 1. The molecule has 2 N–H and O–H groups in total. The van der Waals surface area contributed by atoms with Gasteiger partial charge in [-0.25, -0.2) is 8.78 Å². The Hall–Kier alpha value is -4.20. The van der Waals surface area contributed by atoms with Crippen molar-refractivity contribution in [1.82, 2.24) is 10.2 Å². The Kier molecular flexibility index (Phi) is 12.2. The molecule has 0 bridgehead atoms. The molecule has 0 aliphatic carbocycles. The Morgan fingerprint density at radius 2 is 1.54 bits per heavy atom. The number of halogens is 4. The smallest absolute Gasteiger partial charge is 0.316 e. The summed E-state index contributed by atoms with van der Waals surface area (Å²) in [5, 5.41) is 13.3. The van der Waals surface area contributed by atoms with Gasteiger partial charge in [-0.2, -0.15) is 8.78 Å². The van der Waals surface area contributed by atoms with E-state index in [9.17, 15) is 41.8 Å². The van der Waals surface area contributed by atoms with Gasteiger partial charge in [0.25, 0.3) is 0 Å². The third kappa shape index (κ3) is 9.68. The second-order valence-corrected chi connectivity index (χ2v) is 13.8. The summed E-state index contributed by atoms with van der Waals surface area (Å²) in [5.41, 5.74) is 0.281. The van der Waals surface area contributed by atoms with Gasteiger partial charge in [-0.3, -0.25) is 19.2 Å². The summed E-state index contributed by atoms with van der Waals surface area (Å²) in [5.74, 6) is -12.1. The number of carbonyl (C=O) groups is 4. The minimum absolute atomic E-state index is 0.00136. The number of para-hydroxylation sites is 1. The van der Waals surface area contributed by atoms with Crippen LogP contribution in [0.5, 0.6) is 5.75 Å². The van der Waals surface area contributed by atoms with Crippen LogP contribution in [-0.2, 0) is 29.3 Å². The number of piperidine rings is 1. The lowest BCUT2D eigenvalue weighted by molar-refractivity contribution is -0.156. The zero-order valence-corrected chi connectivity index (χ0v) is 28.2. The molecule has 2 aromatic rings. The van der Waals surface area contributed by atoms with Crippen LogP contribution in [-0.4, -0.2) is 78.2 Å². The first-order chi connectivity index (χ1) is 22.2. The molecule has 3 amide bonds. The minimum Gasteiger partial charge on any atom is -0.485 e. The van der Waals surface area contributed by atoms with Crippen LogP contribution in [0.25, 0.3) is 0 Å². The summed E-state index contributed by atoms with van der Waals surface area (Å²) in [6.07, 6.45) is -2.06. The van der Waals surface area contributed by atoms with Gasteiger partial charge in [-0.05, 0) is 50.7 Å². The Labute approximate surface area is 277 Å². The largest absolute Gasteiger partial charge is 0.485 e. The van der Waals surface area contributed by atoms with Crippen LogP contribution in [0.2, 0.25) is 0 Å². The summed E-state index contributed by atoms with van der Waals surface area (Å²) in [4.78, 5) is 54.9. The number of benzene rings is 2. The van der Waals surface area contributed by atoms with Crippen LogP contribution in [0.4, 0.5) is 23.2 Å². The highest BCUT2D eigenvalue weighted by Crippen LogP contribution is 2.32. The van der Waals surface area contributed by atoms with Crippen LogP contribution in [0.15, 0.2) is 30.3 Å². The summed E-state index contributed by atoms with van der Waals surface area (Å²) in [6, 6.07) is 5.90. The number of anilines is 1. The molecule has 3 rings (SSSR count). The van der Waals surface area contributed by atoms with Crippen molar-refractivity contribution >= 4 is 29.4 Å². The molecule has 14 heteroatoms. The summed E-state index contributed by atoms with van der Waals surface area (Å²) in [7, 11) is 1.53. The Bertz CT molecular complexity index is 1490. The third-order valence-electron chi connectivity index (χ3n) is 7.78. The van der Waals surface area contributed by atoms with E-state index < -0.39 is 89.4 Å². The summed E-state index contributed by atoms with van der Waals surface area (Å²) in [6.45, 7) is 9.98. The number of hydrogen-bond acceptors (Lipinski definition) is 7. The van der Waals surface area contributed by atoms with E-state index in [1.807, 2.05) is 32.9 Å². The van der Waals surface area contributed by atoms with Gasteiger partial charge < -0.3 is 29.7 Å². The van der Waals surface area contributed by atoms with Crippen molar-refractivity contribution < 1.29 is 51.3 Å². The zero-order valence-electron chi connectivity index (χ0n) is 28.2. The maximum atomic E-state index is 14.1. The van der Waals surface area contributed by atoms with Gasteiger partial charge in [0.1, 0.15) is 18.3 Å². The van der Waals surface area contributed by atoms with Crippen molar-refractivity contribution in [1.29, 1.82) is 0 Å². The fourth-order valence-electron chi connectivity index (χ4n) is 5.24. The number of ether oxygens (including phenoxy) is 2. The first-order valence-electron chi connectivity index (χ1n) is 15.5. The first-order valence-corrected chi connectivity index (χ1v) is 15.5. The van der Waals surface area contributed by atoms with Crippen LogP contribution in [0.1, 0.15) is 66.4 Å². The van der Waals surface area contributed by atoms with E-state index in [0.29, 0.717) is 5.69 Å². The number of likely N-dealkylation sites (tertiary alicyclic amines) is 1. The standard InChI is InChI=1S/C34H43F4N3O7/c1-33(2,3)20-10-8-9-11-24(20)40(7)31(45)32(46)41-14-12-19(13-15-41)30(44)39-23(17-26(43)48-34(4,5)6)25(42)18-47-29-27(37)21(35)16-22(36)28(29)38/h8-11,16,19,23,25,42H,12-15,17-18H2,1-7H3,(H,39,44)/t23-,25?/m0/s1. The molecule has 0 spiro atoms. The Balaban J connectivity index is 1.67. The van der Waals surface area contributed by atoms with Crippen molar-refractivity contribution in [2.75, 3.05) is 31.6 Å². The van der Waals surface area contributed by atoms with Crippen molar-refractivity contribution in [2.24, 2.45) is 5.92 Å². The van der Waals surface area contributed by atoms with E-state index in [-0.39, 0.29) is 37.4 Å². The predicted octanol–water partition coefficient (Wildman–Crippen LogP) is 4.40. The van der Waals surface area contributed by atoms with Crippen LogP contribution >= 0.6 is 0 Å². The van der Waals surface area contributed by atoms with Gasteiger partial charge in [0, 0.05) is 37.8 Å². The molecule has 264 valence electrons. The molecular formula is C34H43F4N3O7. The van der Waals surface area contributed by atoms with Gasteiger partial charge >= 0.3 is 17.8 Å². The molecule has 48 heavy (non-hydrogen) atoms. The monoisotopic (exact) mass is 681 g/mol. The topological polar surface area (TPSA) is 125 Å². The SMILES string of the molecule is CN(C(=O)C(=O)N1CCC(C(=O)N[C@@H](CC(=O)OC(C)(C)C)C(O)COc2c(F)c(F)cc(F)c2F)CC1)c1ccccc1C(C)(C)C. The van der Waals surface area contributed by atoms with E-state index in [1.165, 1.54) is 16.8 Å². The normalized spacial score (nSPS) is 15.4. The van der Waals surface area contributed by atoms with Gasteiger partial charge in [0.2, 0.25) is 17.5 Å². The average molecular weight is 682 g/mol. The van der Waals surface area contributed by atoms with Crippen LogP contribution in [0, 0.1) is 29.2 Å². The molecule has 0 aromatic heterocycles. The molecule has 1 aliphatic rings. The van der Waals surface area contributed by atoms with E-state index in [0.717, 1.165) is 5.56 Å². The number of hydrogen-bond donors (Lipinski definition) is 2. The number of nitrogens with one attached hydrogen (secondary N) is 1. The number of esters is 1. The van der Waals surface area contributed by atoms with Crippen LogP contribution < -0.4 is 15.0 Å². The molecule has 0 radical (unpaired) electrons. The molecule has 2 aromatic carbocycles. The fraction of sp³-hybridized carbons (Fsp3) is 0.529. The maximum absolute atomic E-state index is 14.1. The summed E-state index contributed by atoms with van der Waals surface area (Å²) >= 11 is 0. The lowest BCUT2D eigenvalue weighted by atomic mass is 9.85. The quantitative estimate of drug-likeness (QED) is 0.174. The second-order valence-electron chi connectivity index (χ2n) is 13.8. The van der Waals surface area contributed by atoms with Gasteiger partial charge in [0.05, 0.1) is 12.5 Å². The maximum Gasteiger partial charge on any atom is 0.316 e. The predicted molar refractivity (Wildman–Crippen MR) is 168 cm³/mol. The zero-order chi connectivity index (χ0) is 36.1. The van der Waals surface area contributed by atoms with Crippen molar-refractivity contribution in [3.05, 3.63) is 59.2 Å². The average Bonchev–Trinajstić information content (AvgIpc) is 3.01. The highest BCUT2D eigenvalue weighted by Gasteiger charge is 2.35. The number of aliphatic hydroxyl groups is 1. The molecule has 10 nitrogen and oxygen atoms in total. The van der Waals surface area contributed by atoms with Crippen LogP contribution in [0.3, 0.4) is 0 Å². The van der Waals surface area contributed by atoms with E-state index in [2.05, 4.69) is 5.32 Å². The fourth-order valence-corrected chi connectivity index (χ4v) is 5.24. The third-order valence-corrected chi connectivity index (χ3v) is 7.78. The molecule has 1 aliphatic heterocycles. The summed E-state index contributed by atoms with van der Waals surface area (Å²) < 4.78 is 65.6. The van der Waals surface area contributed by atoms with E-state index in [1.54, 1.807) is 32.9 Å². The van der Waals surface area contributed by atoms with E-state index >= 15 is 0 Å². The molecule has 0 saturated carbocycles. The lowest BCUT2D eigenvalue weighted by Crippen LogP contribution is -2.52. The Morgan fingerprint density at radius 3 is 2.08 bits per heavy atom. The Morgan fingerprint density at radius 1 is 0.979 bits per heavy atom. The minimum atomic E-state index is -1.82. The second kappa shape index (κ2) is 15.3. The van der Waals surface area contributed by atoms with Crippen molar-refractivity contribution in [3.63, 3.8) is 0 Å². The van der Waals surface area contributed by atoms with Gasteiger partial charge in [-0.1, -0.05) is 39.0 Å². The number of carbonyl (C=O) groups excluding carboxylic acids is 4. The van der Waals surface area contributed by atoms with E-state index in [4.69, 9.17) is 9.47 Å². The molecule has 1 heterocycles. The lowest BCUT2D eigenvalue weighted by Gasteiger charge is -2.34. The van der Waals surface area contributed by atoms with Gasteiger partial charge in [-0.15, -0.1) is 0 Å². The number of rotatable bonds is 9. The number of amides is 3. The van der Waals surface area contributed by atoms with Crippen molar-refractivity contribution in [2.45, 2.75) is 84.0 Å². The molecule has 2 atom stereocenters. The molecular weight excluding hydrogens is 638 g/mol. The van der Waals surface area contributed by atoms with Gasteiger partial charge in [0.15, 0.2) is 17.4 Å². The number of nitrogens with zero attached hydrogens (tertiary/aromatic N) is 2. The molecule has 1 unspecified atom stereocenters. The molecule has 1 saturated heterocycles. The highest BCUT2D eigenvalue weighted by molar-refractivity contribution is 6.40. The van der Waals surface area contributed by atoms with Crippen molar-refractivity contribution in [3.8, 4) is 5.75 Å². The first kappa shape index (κ1) is 38.2. The highest BCUT2D eigenvalue weighted by atomic mass is 19.2. The number of likely N-dealkylation sites (N-methyl/N-ethyl adjacent to an activating group) is 1. The molecule has 1 fully saturated rings.